The van der Waals surface area contributed by atoms with Gasteiger partial charge in [-0.05, 0) is 30.5 Å². The van der Waals surface area contributed by atoms with Gasteiger partial charge in [-0.3, -0.25) is 14.9 Å². The van der Waals surface area contributed by atoms with E-state index >= 15 is 0 Å². The monoisotopic (exact) mass is 376 g/mol. The van der Waals surface area contributed by atoms with Gasteiger partial charge in [-0.25, -0.2) is 4.68 Å². The molecule has 1 aliphatic carbocycles. The lowest BCUT2D eigenvalue weighted by molar-refractivity contribution is -0.384. The molecule has 2 aromatic carbocycles. The molecule has 0 spiro atoms. The quantitative estimate of drug-likeness (QED) is 0.525. The number of nitrogens with one attached hydrogen (secondary N) is 1. The maximum absolute atomic E-state index is 12.6. The molecule has 1 aliphatic rings. The fourth-order valence-electron chi connectivity index (χ4n) is 3.64. The van der Waals surface area contributed by atoms with Gasteiger partial charge in [-0.1, -0.05) is 42.8 Å². The standard InChI is InChI=1S/C21H20N4O3/c26-20(22-15-21(11-5-12-21)16-6-2-1-3-7-16)19-10-13-24(23-19)17-8-4-9-18(14-17)25(27)28/h1-4,6-10,13-14H,5,11-12,15H2,(H,22,26). The van der Waals surface area contributed by atoms with Gasteiger partial charge in [0.25, 0.3) is 11.6 Å². The smallest absolute Gasteiger partial charge is 0.271 e. The van der Waals surface area contributed by atoms with Crippen LogP contribution in [0.4, 0.5) is 5.69 Å². The highest BCUT2D eigenvalue weighted by atomic mass is 16.6. The summed E-state index contributed by atoms with van der Waals surface area (Å²) in [6.07, 6.45) is 4.90. The first-order valence-electron chi connectivity index (χ1n) is 9.22. The summed E-state index contributed by atoms with van der Waals surface area (Å²) >= 11 is 0. The third-order valence-corrected chi connectivity index (χ3v) is 5.41. The van der Waals surface area contributed by atoms with Gasteiger partial charge in [0, 0.05) is 30.3 Å². The molecule has 0 unspecified atom stereocenters. The third-order valence-electron chi connectivity index (χ3n) is 5.41. The topological polar surface area (TPSA) is 90.1 Å². The molecule has 7 nitrogen and oxygen atoms in total. The first-order chi connectivity index (χ1) is 13.6. The molecule has 7 heteroatoms. The van der Waals surface area contributed by atoms with Crippen molar-refractivity contribution >= 4 is 11.6 Å². The summed E-state index contributed by atoms with van der Waals surface area (Å²) in [5.74, 6) is -0.244. The molecule has 1 aromatic heterocycles. The number of benzene rings is 2. The first kappa shape index (κ1) is 17.9. The fraction of sp³-hybridized carbons (Fsp3) is 0.238. The number of hydrogen-bond acceptors (Lipinski definition) is 4. The Morgan fingerprint density at radius 3 is 2.61 bits per heavy atom. The van der Waals surface area contributed by atoms with Gasteiger partial charge >= 0.3 is 0 Å². The van der Waals surface area contributed by atoms with Crippen LogP contribution in [0.5, 0.6) is 0 Å². The third kappa shape index (κ3) is 3.38. The molecule has 0 aliphatic heterocycles. The summed E-state index contributed by atoms with van der Waals surface area (Å²) in [6.45, 7) is 0.569. The number of nitro benzene ring substituents is 1. The Morgan fingerprint density at radius 2 is 1.93 bits per heavy atom. The highest BCUT2D eigenvalue weighted by Crippen LogP contribution is 2.43. The van der Waals surface area contributed by atoms with Gasteiger partial charge in [0.15, 0.2) is 5.69 Å². The van der Waals surface area contributed by atoms with Crippen molar-refractivity contribution in [2.45, 2.75) is 24.7 Å². The van der Waals surface area contributed by atoms with Crippen LogP contribution in [0.3, 0.4) is 0 Å². The number of hydrogen-bond donors (Lipinski definition) is 1. The lowest BCUT2D eigenvalue weighted by Gasteiger charge is -2.42. The second-order valence-electron chi connectivity index (χ2n) is 7.11. The van der Waals surface area contributed by atoms with Crippen molar-refractivity contribution in [2.75, 3.05) is 6.54 Å². The predicted molar refractivity (Wildman–Crippen MR) is 105 cm³/mol. The van der Waals surface area contributed by atoms with Crippen molar-refractivity contribution in [3.63, 3.8) is 0 Å². The molecule has 4 rings (SSSR count). The number of non-ortho nitro benzene ring substituents is 1. The molecule has 142 valence electrons. The summed E-state index contributed by atoms with van der Waals surface area (Å²) in [6, 6.07) is 18.0. The van der Waals surface area contributed by atoms with Crippen LogP contribution in [0.1, 0.15) is 35.3 Å². The van der Waals surface area contributed by atoms with Crippen LogP contribution < -0.4 is 5.32 Å². The minimum absolute atomic E-state index is 0.000468. The van der Waals surface area contributed by atoms with Crippen LogP contribution in [0, 0.1) is 10.1 Å². The maximum atomic E-state index is 12.6. The van der Waals surface area contributed by atoms with Crippen LogP contribution in [0.15, 0.2) is 66.9 Å². The number of carbonyl (C=O) groups is 1. The molecule has 1 amide bonds. The Labute approximate surface area is 162 Å². The summed E-state index contributed by atoms with van der Waals surface area (Å²) in [5.41, 5.74) is 2.05. The lowest BCUT2D eigenvalue weighted by Crippen LogP contribution is -2.45. The molecule has 1 saturated carbocycles. The van der Waals surface area contributed by atoms with E-state index in [1.165, 1.54) is 22.4 Å². The molecule has 0 atom stereocenters. The molecular formula is C21H20N4O3. The van der Waals surface area contributed by atoms with E-state index in [0.717, 1.165) is 19.3 Å². The van der Waals surface area contributed by atoms with Gasteiger partial charge in [-0.2, -0.15) is 5.10 Å². The van der Waals surface area contributed by atoms with Crippen LogP contribution in [-0.4, -0.2) is 27.2 Å². The zero-order valence-corrected chi connectivity index (χ0v) is 15.2. The van der Waals surface area contributed by atoms with Crippen molar-refractivity contribution in [1.29, 1.82) is 0 Å². The van der Waals surface area contributed by atoms with E-state index in [4.69, 9.17) is 0 Å². The van der Waals surface area contributed by atoms with Gasteiger partial charge in [0.05, 0.1) is 10.6 Å². The molecule has 0 saturated heterocycles. The second kappa shape index (κ2) is 7.26. The average Bonchev–Trinajstić information content (AvgIpc) is 3.18. The highest BCUT2D eigenvalue weighted by molar-refractivity contribution is 5.92. The van der Waals surface area contributed by atoms with Gasteiger partial charge in [-0.15, -0.1) is 0 Å². The van der Waals surface area contributed by atoms with E-state index in [9.17, 15) is 14.9 Å². The Bertz CT molecular complexity index is 1010. The van der Waals surface area contributed by atoms with Crippen LogP contribution in [0.2, 0.25) is 0 Å². The first-order valence-corrected chi connectivity index (χ1v) is 9.22. The zero-order valence-electron chi connectivity index (χ0n) is 15.2. The van der Waals surface area contributed by atoms with Gasteiger partial charge < -0.3 is 5.32 Å². The second-order valence-corrected chi connectivity index (χ2v) is 7.11. The van der Waals surface area contributed by atoms with Gasteiger partial charge in [0.2, 0.25) is 0 Å². The van der Waals surface area contributed by atoms with Crippen molar-refractivity contribution < 1.29 is 9.72 Å². The number of rotatable bonds is 6. The highest BCUT2D eigenvalue weighted by Gasteiger charge is 2.38. The Kier molecular flexibility index (Phi) is 4.65. The van der Waals surface area contributed by atoms with E-state index in [-0.39, 0.29) is 22.7 Å². The largest absolute Gasteiger partial charge is 0.350 e. The predicted octanol–water partition coefficient (Wildman–Crippen LogP) is 3.63. The van der Waals surface area contributed by atoms with E-state index in [2.05, 4.69) is 22.5 Å². The zero-order chi connectivity index (χ0) is 19.6. The van der Waals surface area contributed by atoms with Crippen LogP contribution in [0.25, 0.3) is 5.69 Å². The van der Waals surface area contributed by atoms with Crippen molar-refractivity contribution in [2.24, 2.45) is 0 Å². The molecule has 28 heavy (non-hydrogen) atoms. The van der Waals surface area contributed by atoms with E-state index in [0.29, 0.717) is 12.2 Å². The molecule has 1 N–H and O–H groups in total. The molecule has 0 radical (unpaired) electrons. The van der Waals surface area contributed by atoms with Crippen molar-refractivity contribution in [3.8, 4) is 5.69 Å². The summed E-state index contributed by atoms with van der Waals surface area (Å²) in [5, 5.41) is 18.2. The minimum atomic E-state index is -0.456. The van der Waals surface area contributed by atoms with Crippen LogP contribution >= 0.6 is 0 Å². The van der Waals surface area contributed by atoms with Crippen molar-refractivity contribution in [3.05, 3.63) is 88.2 Å². The van der Waals surface area contributed by atoms with Gasteiger partial charge in [0.1, 0.15) is 0 Å². The molecule has 1 heterocycles. The van der Waals surface area contributed by atoms with Crippen molar-refractivity contribution in [1.82, 2.24) is 15.1 Å². The van der Waals surface area contributed by atoms with E-state index in [1.807, 2.05) is 18.2 Å². The summed E-state index contributed by atoms with van der Waals surface area (Å²) in [7, 11) is 0. The summed E-state index contributed by atoms with van der Waals surface area (Å²) in [4.78, 5) is 23.1. The minimum Gasteiger partial charge on any atom is -0.350 e. The maximum Gasteiger partial charge on any atom is 0.271 e. The Morgan fingerprint density at radius 1 is 1.14 bits per heavy atom. The fourth-order valence-corrected chi connectivity index (χ4v) is 3.64. The lowest BCUT2D eigenvalue weighted by atomic mass is 9.64. The Hall–Kier alpha value is -3.48. The molecular weight excluding hydrogens is 356 g/mol. The number of carbonyl (C=O) groups excluding carboxylic acids is 1. The molecule has 0 bridgehead atoms. The molecule has 3 aromatic rings. The summed E-state index contributed by atoms with van der Waals surface area (Å²) < 4.78 is 1.47. The number of nitrogens with zero attached hydrogens (tertiary/aromatic N) is 3. The van der Waals surface area contributed by atoms with E-state index in [1.54, 1.807) is 24.4 Å². The average molecular weight is 376 g/mol. The normalized spacial score (nSPS) is 14.9. The van der Waals surface area contributed by atoms with Crippen LogP contribution in [-0.2, 0) is 5.41 Å². The number of aromatic nitrogens is 2. The number of nitro groups is 1. The Balaban J connectivity index is 1.46. The molecule has 1 fully saturated rings. The SMILES string of the molecule is O=C(NCC1(c2ccccc2)CCC1)c1ccn(-c2cccc([N+](=O)[O-])c2)n1. The number of amides is 1. The van der Waals surface area contributed by atoms with E-state index < -0.39 is 4.92 Å².